The predicted molar refractivity (Wildman–Crippen MR) is 65.7 cm³/mol. The minimum atomic E-state index is -0.816. The fourth-order valence-electron chi connectivity index (χ4n) is 1.71. The number of nitrogens with zero attached hydrogens (tertiary/aromatic N) is 3. The molecule has 1 aromatic rings. The number of hydrogen-bond donors (Lipinski definition) is 3. The average molecular weight is 267 g/mol. The topological polar surface area (TPSA) is 109 Å². The van der Waals surface area contributed by atoms with E-state index in [1.807, 2.05) is 0 Å². The largest absolute Gasteiger partial charge is 0.481 e. The number of aliphatic carboxylic acids is 1. The minimum absolute atomic E-state index is 0.126. The third-order valence-corrected chi connectivity index (χ3v) is 2.98. The van der Waals surface area contributed by atoms with Gasteiger partial charge in [-0.3, -0.25) is 9.59 Å². The van der Waals surface area contributed by atoms with Crippen molar-refractivity contribution in [3.8, 4) is 0 Å². The molecule has 1 saturated heterocycles. The van der Waals surface area contributed by atoms with Gasteiger partial charge >= 0.3 is 5.97 Å². The van der Waals surface area contributed by atoms with Crippen molar-refractivity contribution in [3.05, 3.63) is 11.9 Å². The zero-order valence-electron chi connectivity index (χ0n) is 10.5. The summed E-state index contributed by atoms with van der Waals surface area (Å²) in [5.41, 5.74) is 0.296. The highest BCUT2D eigenvalue weighted by Crippen LogP contribution is 2.09. The highest BCUT2D eigenvalue weighted by molar-refractivity contribution is 5.91. The Morgan fingerprint density at radius 2 is 2.26 bits per heavy atom. The molecule has 1 aromatic heterocycles. The summed E-state index contributed by atoms with van der Waals surface area (Å²) in [4.78, 5) is 22.0. The smallest absolute Gasteiger partial charge is 0.303 e. The van der Waals surface area contributed by atoms with Crippen LogP contribution >= 0.6 is 0 Å². The third kappa shape index (κ3) is 3.75. The second kappa shape index (κ2) is 6.28. The van der Waals surface area contributed by atoms with E-state index in [0.29, 0.717) is 25.1 Å². The third-order valence-electron chi connectivity index (χ3n) is 2.98. The first kappa shape index (κ1) is 13.5. The van der Waals surface area contributed by atoms with E-state index in [4.69, 9.17) is 5.11 Å². The molecule has 3 N–H and O–H groups in total. The van der Waals surface area contributed by atoms with Crippen LogP contribution in [0.5, 0.6) is 0 Å². The Bertz CT molecular complexity index is 455. The molecule has 1 aliphatic rings. The zero-order valence-corrected chi connectivity index (χ0v) is 10.5. The monoisotopic (exact) mass is 267 g/mol. The van der Waals surface area contributed by atoms with Gasteiger partial charge in [0.2, 0.25) is 0 Å². The minimum Gasteiger partial charge on any atom is -0.481 e. The van der Waals surface area contributed by atoms with Crippen molar-refractivity contribution in [2.75, 3.05) is 19.6 Å². The van der Waals surface area contributed by atoms with E-state index in [1.54, 1.807) is 10.9 Å². The van der Waals surface area contributed by atoms with Gasteiger partial charge in [0.1, 0.15) is 0 Å². The van der Waals surface area contributed by atoms with Gasteiger partial charge in [0, 0.05) is 26.1 Å². The molecule has 1 amide bonds. The Labute approximate surface area is 110 Å². The quantitative estimate of drug-likeness (QED) is 0.570. The molecule has 1 fully saturated rings. The van der Waals surface area contributed by atoms with Crippen molar-refractivity contribution in [3.63, 3.8) is 0 Å². The van der Waals surface area contributed by atoms with Gasteiger partial charge in [-0.25, -0.2) is 4.68 Å². The van der Waals surface area contributed by atoms with Gasteiger partial charge in [0.05, 0.1) is 12.2 Å². The zero-order chi connectivity index (χ0) is 13.7. The maximum absolute atomic E-state index is 11.7. The van der Waals surface area contributed by atoms with Crippen LogP contribution in [0.4, 0.5) is 0 Å². The van der Waals surface area contributed by atoms with Crippen LogP contribution in [0.2, 0.25) is 0 Å². The number of carboxylic acid groups (broad SMARTS) is 1. The van der Waals surface area contributed by atoms with E-state index in [9.17, 15) is 9.59 Å². The summed E-state index contributed by atoms with van der Waals surface area (Å²) >= 11 is 0. The van der Waals surface area contributed by atoms with Crippen molar-refractivity contribution < 1.29 is 14.7 Å². The first-order valence-corrected chi connectivity index (χ1v) is 6.29. The van der Waals surface area contributed by atoms with Crippen LogP contribution < -0.4 is 10.6 Å². The first-order valence-electron chi connectivity index (χ1n) is 6.29. The average Bonchev–Trinajstić information content (AvgIpc) is 2.75. The molecule has 0 saturated carbocycles. The molecular formula is C11H17N5O3. The Hall–Kier alpha value is -1.96. The highest BCUT2D eigenvalue weighted by Gasteiger charge is 2.21. The molecule has 104 valence electrons. The Balaban J connectivity index is 1.70. The Kier molecular flexibility index (Phi) is 4.45. The molecule has 19 heavy (non-hydrogen) atoms. The van der Waals surface area contributed by atoms with E-state index < -0.39 is 5.97 Å². The van der Waals surface area contributed by atoms with Crippen molar-refractivity contribution in [2.24, 2.45) is 0 Å². The highest BCUT2D eigenvalue weighted by atomic mass is 16.4. The fraction of sp³-hybridized carbons (Fsp3) is 0.636. The van der Waals surface area contributed by atoms with Gasteiger partial charge in [-0.2, -0.15) is 0 Å². The van der Waals surface area contributed by atoms with Crippen LogP contribution in [0, 0.1) is 0 Å². The summed E-state index contributed by atoms with van der Waals surface area (Å²) in [5, 5.41) is 22.0. The number of rotatable bonds is 7. The maximum atomic E-state index is 11.7. The van der Waals surface area contributed by atoms with Gasteiger partial charge in [-0.15, -0.1) is 5.10 Å². The van der Waals surface area contributed by atoms with Crippen molar-refractivity contribution >= 4 is 11.9 Å². The second-order valence-electron chi connectivity index (χ2n) is 4.50. The van der Waals surface area contributed by atoms with Gasteiger partial charge in [0.25, 0.3) is 5.91 Å². The van der Waals surface area contributed by atoms with Gasteiger partial charge in [0.15, 0.2) is 5.69 Å². The summed E-state index contributed by atoms with van der Waals surface area (Å²) in [6.07, 6.45) is 2.95. The Morgan fingerprint density at radius 3 is 2.89 bits per heavy atom. The molecule has 0 radical (unpaired) electrons. The lowest BCUT2D eigenvalue weighted by atomic mass is 10.2. The number of carbonyl (C=O) groups is 2. The maximum Gasteiger partial charge on any atom is 0.303 e. The van der Waals surface area contributed by atoms with E-state index in [0.717, 1.165) is 13.1 Å². The van der Waals surface area contributed by atoms with Gasteiger partial charge < -0.3 is 15.7 Å². The second-order valence-corrected chi connectivity index (χ2v) is 4.50. The molecule has 1 aliphatic heterocycles. The van der Waals surface area contributed by atoms with Crippen LogP contribution in [0.25, 0.3) is 0 Å². The van der Waals surface area contributed by atoms with Crippen LogP contribution in [-0.2, 0) is 4.79 Å². The molecule has 8 nitrogen and oxygen atoms in total. The number of carboxylic acids is 1. The number of unbranched alkanes of at least 4 members (excludes halogenated alkanes) is 1. The molecule has 2 heterocycles. The molecule has 0 spiro atoms. The summed E-state index contributed by atoms with van der Waals surface area (Å²) in [6, 6.07) is 0.282. The molecule has 0 bridgehead atoms. The van der Waals surface area contributed by atoms with Crippen LogP contribution in [0.3, 0.4) is 0 Å². The molecule has 2 rings (SSSR count). The summed E-state index contributed by atoms with van der Waals surface area (Å²) < 4.78 is 1.69. The SMILES string of the molecule is O=C(O)CCCCNC(=O)c1cn(C2CNC2)nn1. The van der Waals surface area contributed by atoms with Gasteiger partial charge in [-0.05, 0) is 12.8 Å². The van der Waals surface area contributed by atoms with E-state index >= 15 is 0 Å². The summed E-state index contributed by atoms with van der Waals surface area (Å²) in [6.45, 7) is 2.14. The van der Waals surface area contributed by atoms with E-state index in [-0.39, 0.29) is 18.4 Å². The van der Waals surface area contributed by atoms with Crippen LogP contribution in [-0.4, -0.2) is 51.6 Å². The molecule has 0 unspecified atom stereocenters. The number of carbonyl (C=O) groups excluding carboxylic acids is 1. The molecular weight excluding hydrogens is 250 g/mol. The first-order chi connectivity index (χ1) is 9.16. The number of hydrogen-bond acceptors (Lipinski definition) is 5. The van der Waals surface area contributed by atoms with Gasteiger partial charge in [-0.1, -0.05) is 5.21 Å². The lowest BCUT2D eigenvalue weighted by Gasteiger charge is -2.26. The van der Waals surface area contributed by atoms with E-state index in [2.05, 4.69) is 20.9 Å². The van der Waals surface area contributed by atoms with Crippen LogP contribution in [0.1, 0.15) is 35.8 Å². The van der Waals surface area contributed by atoms with E-state index in [1.165, 1.54) is 0 Å². The summed E-state index contributed by atoms with van der Waals surface area (Å²) in [5.74, 6) is -1.09. The molecule has 0 aliphatic carbocycles. The fourth-order valence-corrected chi connectivity index (χ4v) is 1.71. The molecule has 0 aromatic carbocycles. The lowest BCUT2D eigenvalue weighted by Crippen LogP contribution is -2.43. The Morgan fingerprint density at radius 1 is 1.47 bits per heavy atom. The molecule has 0 atom stereocenters. The standard InChI is InChI=1S/C11H17N5O3/c17-10(18)3-1-2-4-13-11(19)9-7-16(15-14-9)8-5-12-6-8/h7-8,12H,1-6H2,(H,13,19)(H,17,18). The predicted octanol–water partition coefficient (Wildman–Crippen LogP) is -0.593. The van der Waals surface area contributed by atoms with Crippen molar-refractivity contribution in [1.82, 2.24) is 25.6 Å². The van der Waals surface area contributed by atoms with Crippen LogP contribution in [0.15, 0.2) is 6.20 Å². The lowest BCUT2D eigenvalue weighted by molar-refractivity contribution is -0.137. The van der Waals surface area contributed by atoms with Crippen molar-refractivity contribution in [1.29, 1.82) is 0 Å². The number of aromatic nitrogens is 3. The summed E-state index contributed by atoms with van der Waals surface area (Å²) in [7, 11) is 0. The number of amides is 1. The normalized spacial score (nSPS) is 14.9. The van der Waals surface area contributed by atoms with Crippen molar-refractivity contribution in [2.45, 2.75) is 25.3 Å². The number of nitrogens with one attached hydrogen (secondary N) is 2. The molecule has 8 heteroatoms.